The van der Waals surface area contributed by atoms with E-state index in [4.69, 9.17) is 4.74 Å². The second kappa shape index (κ2) is 9.05. The van der Waals surface area contributed by atoms with Crippen molar-refractivity contribution in [2.45, 2.75) is 29.6 Å². The molecule has 0 N–H and O–H groups in total. The quantitative estimate of drug-likeness (QED) is 0.677. The van der Waals surface area contributed by atoms with Crippen LogP contribution in [0.25, 0.3) is 0 Å². The van der Waals surface area contributed by atoms with Gasteiger partial charge < -0.3 is 14.5 Å². The van der Waals surface area contributed by atoms with Gasteiger partial charge in [-0.1, -0.05) is 18.2 Å². The highest BCUT2D eigenvalue weighted by molar-refractivity contribution is 7.91. The van der Waals surface area contributed by atoms with Gasteiger partial charge in [-0.25, -0.2) is 8.42 Å². The molecule has 4 rings (SSSR count). The number of rotatable bonds is 6. The second-order valence-electron chi connectivity index (χ2n) is 7.67. The van der Waals surface area contributed by atoms with E-state index in [1.54, 1.807) is 29.5 Å². The summed E-state index contributed by atoms with van der Waals surface area (Å²) >= 11 is 1.19. The molecule has 2 aliphatic rings. The van der Waals surface area contributed by atoms with E-state index in [0.29, 0.717) is 30.1 Å². The van der Waals surface area contributed by atoms with Crippen molar-refractivity contribution in [3.63, 3.8) is 0 Å². The third kappa shape index (κ3) is 4.39. The number of nitrogens with zero attached hydrogens (tertiary/aromatic N) is 3. The van der Waals surface area contributed by atoms with E-state index in [-0.39, 0.29) is 5.91 Å². The molecule has 0 aliphatic carbocycles. The highest BCUT2D eigenvalue weighted by Crippen LogP contribution is 2.29. The molecule has 1 aromatic heterocycles. The lowest BCUT2D eigenvalue weighted by atomic mass is 10.1. The molecule has 2 saturated heterocycles. The van der Waals surface area contributed by atoms with Crippen molar-refractivity contribution >= 4 is 33.0 Å². The van der Waals surface area contributed by atoms with Gasteiger partial charge in [0.15, 0.2) is 0 Å². The Morgan fingerprint density at radius 1 is 1.17 bits per heavy atom. The van der Waals surface area contributed by atoms with Crippen LogP contribution >= 0.6 is 11.3 Å². The van der Waals surface area contributed by atoms with Crippen molar-refractivity contribution in [3.8, 4) is 0 Å². The fourth-order valence-corrected chi connectivity index (χ4v) is 6.81. The van der Waals surface area contributed by atoms with Gasteiger partial charge in [0.25, 0.3) is 10.0 Å². The molecule has 2 aliphatic heterocycles. The third-order valence-electron chi connectivity index (χ3n) is 5.66. The number of likely N-dealkylation sites (N-methyl/N-ethyl adjacent to an activating group) is 1. The second-order valence-corrected chi connectivity index (χ2v) is 10.7. The zero-order chi connectivity index (χ0) is 21.1. The topological polar surface area (TPSA) is 70.2 Å². The van der Waals surface area contributed by atoms with Crippen molar-refractivity contribution < 1.29 is 17.9 Å². The van der Waals surface area contributed by atoms with E-state index < -0.39 is 16.1 Å². The lowest BCUT2D eigenvalue weighted by Crippen LogP contribution is -2.46. The van der Waals surface area contributed by atoms with Crippen LogP contribution in [-0.2, 0) is 26.1 Å². The smallest absolute Gasteiger partial charge is 0.253 e. The number of hydrogen-bond acceptors (Lipinski definition) is 6. The summed E-state index contributed by atoms with van der Waals surface area (Å²) in [4.78, 5) is 17.0. The molecule has 1 amide bonds. The van der Waals surface area contributed by atoms with E-state index in [9.17, 15) is 13.2 Å². The van der Waals surface area contributed by atoms with E-state index in [1.807, 2.05) is 12.1 Å². The van der Waals surface area contributed by atoms with Gasteiger partial charge in [0.05, 0.1) is 13.2 Å². The number of benzene rings is 1. The first-order chi connectivity index (χ1) is 14.5. The minimum absolute atomic E-state index is 0.148. The maximum absolute atomic E-state index is 13.1. The molecule has 162 valence electrons. The minimum Gasteiger partial charge on any atom is -0.378 e. The molecule has 1 aromatic carbocycles. The first-order valence-corrected chi connectivity index (χ1v) is 12.5. The Kier molecular flexibility index (Phi) is 6.43. The van der Waals surface area contributed by atoms with Gasteiger partial charge in [-0.3, -0.25) is 4.79 Å². The molecule has 9 heteroatoms. The number of carbonyl (C=O) groups is 1. The Morgan fingerprint density at radius 3 is 2.57 bits per heavy atom. The number of thiophene rings is 1. The molecule has 7 nitrogen and oxygen atoms in total. The Hall–Kier alpha value is -1.94. The highest BCUT2D eigenvalue weighted by atomic mass is 32.2. The van der Waals surface area contributed by atoms with Gasteiger partial charge >= 0.3 is 0 Å². The molecule has 0 radical (unpaired) electrons. The number of amides is 1. The Bertz CT molecular complexity index is 955. The zero-order valence-corrected chi connectivity index (χ0v) is 18.7. The van der Waals surface area contributed by atoms with Gasteiger partial charge in [0, 0.05) is 38.9 Å². The van der Waals surface area contributed by atoms with Crippen molar-refractivity contribution in [2.24, 2.45) is 0 Å². The van der Waals surface area contributed by atoms with Crippen LogP contribution in [0.4, 0.5) is 5.69 Å². The summed E-state index contributed by atoms with van der Waals surface area (Å²) in [6.45, 7) is 4.09. The summed E-state index contributed by atoms with van der Waals surface area (Å²) in [5, 5.41) is 1.74. The predicted octanol–water partition coefficient (Wildman–Crippen LogP) is 2.40. The first-order valence-electron chi connectivity index (χ1n) is 10.2. The number of hydrogen-bond donors (Lipinski definition) is 0. The maximum atomic E-state index is 13.1. The van der Waals surface area contributed by atoms with Gasteiger partial charge in [-0.15, -0.1) is 11.3 Å². The van der Waals surface area contributed by atoms with Crippen molar-refractivity contribution in [2.75, 3.05) is 44.8 Å². The van der Waals surface area contributed by atoms with E-state index in [1.165, 1.54) is 15.6 Å². The Balaban J connectivity index is 1.41. The zero-order valence-electron chi connectivity index (χ0n) is 17.1. The maximum Gasteiger partial charge on any atom is 0.253 e. The Morgan fingerprint density at radius 2 is 1.90 bits per heavy atom. The molecule has 1 atom stereocenters. The average Bonchev–Trinajstić information content (AvgIpc) is 3.47. The van der Waals surface area contributed by atoms with Crippen LogP contribution in [0.15, 0.2) is 46.0 Å². The van der Waals surface area contributed by atoms with Gasteiger partial charge in [-0.05, 0) is 42.0 Å². The largest absolute Gasteiger partial charge is 0.378 e. The molecule has 3 heterocycles. The van der Waals surface area contributed by atoms with Crippen LogP contribution < -0.4 is 4.90 Å². The minimum atomic E-state index is -3.63. The molecule has 0 bridgehead atoms. The Labute approximate surface area is 181 Å². The summed E-state index contributed by atoms with van der Waals surface area (Å²) in [5.74, 6) is -0.148. The molecule has 1 unspecified atom stereocenters. The molecular weight excluding hydrogens is 422 g/mol. The molecular formula is C21H27N3O4S2. The summed E-state index contributed by atoms with van der Waals surface area (Å²) in [6, 6.07) is 10.9. The lowest BCUT2D eigenvalue weighted by molar-refractivity contribution is -0.133. The van der Waals surface area contributed by atoms with Crippen LogP contribution in [0.5, 0.6) is 0 Å². The van der Waals surface area contributed by atoms with Crippen LogP contribution in [0, 0.1) is 0 Å². The van der Waals surface area contributed by atoms with E-state index in [0.717, 1.165) is 37.6 Å². The summed E-state index contributed by atoms with van der Waals surface area (Å²) in [7, 11) is -1.88. The first kappa shape index (κ1) is 21.3. The van der Waals surface area contributed by atoms with Crippen LogP contribution in [-0.4, -0.2) is 69.5 Å². The third-order valence-corrected chi connectivity index (χ3v) is 8.94. The monoisotopic (exact) mass is 449 g/mol. The standard InChI is InChI=1S/C21H27N3O4S2/c1-22(16-17-6-8-18(9-7-17)23-11-13-28-14-12-23)21(25)19-4-2-10-24(19)30(26,27)20-5-3-15-29-20/h3,5-9,15,19H,2,4,10-14,16H2,1H3. The molecule has 2 aromatic rings. The van der Waals surface area contributed by atoms with Crippen molar-refractivity contribution in [1.29, 1.82) is 0 Å². The summed E-state index contributed by atoms with van der Waals surface area (Å²) in [5.41, 5.74) is 2.17. The molecule has 2 fully saturated rings. The van der Waals surface area contributed by atoms with Gasteiger partial charge in [-0.2, -0.15) is 4.31 Å². The van der Waals surface area contributed by atoms with Crippen LogP contribution in [0.1, 0.15) is 18.4 Å². The summed E-state index contributed by atoms with van der Waals surface area (Å²) in [6.07, 6.45) is 1.26. The summed E-state index contributed by atoms with van der Waals surface area (Å²) < 4.78 is 32.9. The predicted molar refractivity (Wildman–Crippen MR) is 117 cm³/mol. The number of sulfonamides is 1. The fourth-order valence-electron chi connectivity index (χ4n) is 4.04. The SMILES string of the molecule is CN(Cc1ccc(N2CCOCC2)cc1)C(=O)C1CCCN1S(=O)(=O)c1cccs1. The molecule has 30 heavy (non-hydrogen) atoms. The molecule has 0 spiro atoms. The van der Waals surface area contributed by atoms with Gasteiger partial charge in [0.2, 0.25) is 5.91 Å². The number of anilines is 1. The average molecular weight is 450 g/mol. The molecule has 0 saturated carbocycles. The number of morpholine rings is 1. The number of carbonyl (C=O) groups excluding carboxylic acids is 1. The van der Waals surface area contributed by atoms with E-state index in [2.05, 4.69) is 17.0 Å². The van der Waals surface area contributed by atoms with Gasteiger partial charge in [0.1, 0.15) is 10.3 Å². The van der Waals surface area contributed by atoms with E-state index >= 15 is 0 Å². The normalized spacial score (nSPS) is 20.4. The van der Waals surface area contributed by atoms with Crippen LogP contribution in [0.2, 0.25) is 0 Å². The highest BCUT2D eigenvalue weighted by Gasteiger charge is 2.40. The lowest BCUT2D eigenvalue weighted by Gasteiger charge is -2.29. The van der Waals surface area contributed by atoms with Crippen molar-refractivity contribution in [1.82, 2.24) is 9.21 Å². The van der Waals surface area contributed by atoms with Crippen molar-refractivity contribution in [3.05, 3.63) is 47.3 Å². The fraction of sp³-hybridized carbons (Fsp3) is 0.476. The van der Waals surface area contributed by atoms with Crippen LogP contribution in [0.3, 0.4) is 0 Å². The number of ether oxygens (including phenoxy) is 1.